The molecular weight excluding hydrogens is 158 g/mol. The Hall–Kier alpha value is -0.0400. The summed E-state index contributed by atoms with van der Waals surface area (Å²) in [6.07, 6.45) is 10.3. The lowest BCUT2D eigenvalue weighted by atomic mass is 9.86. The van der Waals surface area contributed by atoms with E-state index >= 15 is 0 Å². The predicted molar refractivity (Wildman–Crippen MR) is 56.8 cm³/mol. The Balaban J connectivity index is 1.79. The molecule has 2 fully saturated rings. The second-order valence-corrected chi connectivity index (χ2v) is 5.01. The molecule has 1 saturated carbocycles. The van der Waals surface area contributed by atoms with Crippen LogP contribution in [-0.2, 0) is 0 Å². The maximum atomic E-state index is 2.76. The Morgan fingerprint density at radius 1 is 0.846 bits per heavy atom. The van der Waals surface area contributed by atoms with Crippen LogP contribution in [0.25, 0.3) is 0 Å². The van der Waals surface area contributed by atoms with Crippen molar-refractivity contribution in [2.45, 2.75) is 57.9 Å². The molecule has 0 radical (unpaired) electrons. The largest absolute Gasteiger partial charge is 0.300 e. The first-order valence-corrected chi connectivity index (χ1v) is 6.10. The molecule has 13 heavy (non-hydrogen) atoms. The molecule has 2 rings (SSSR count). The van der Waals surface area contributed by atoms with Crippen LogP contribution in [0.4, 0.5) is 0 Å². The molecular formula is C12H23N. The second kappa shape index (κ2) is 4.45. The molecule has 0 amide bonds. The molecule has 0 N–H and O–H groups in total. The number of hydrogen-bond acceptors (Lipinski definition) is 1. The van der Waals surface area contributed by atoms with Crippen molar-refractivity contribution in [2.75, 3.05) is 13.1 Å². The van der Waals surface area contributed by atoms with Crippen LogP contribution in [0.3, 0.4) is 0 Å². The average Bonchev–Trinajstić information content (AvgIpc) is 2.20. The molecule has 0 unspecified atom stereocenters. The molecule has 0 aromatic heterocycles. The Kier molecular flexibility index (Phi) is 3.26. The maximum absolute atomic E-state index is 2.76. The fourth-order valence-electron chi connectivity index (χ4n) is 2.89. The topological polar surface area (TPSA) is 3.24 Å². The lowest BCUT2D eigenvalue weighted by molar-refractivity contribution is 0.118. The van der Waals surface area contributed by atoms with Crippen molar-refractivity contribution in [3.8, 4) is 0 Å². The van der Waals surface area contributed by atoms with E-state index in [1.165, 1.54) is 58.0 Å². The predicted octanol–water partition coefficient (Wildman–Crippen LogP) is 3.05. The molecule has 0 bridgehead atoms. The monoisotopic (exact) mass is 181 g/mol. The number of nitrogens with zero attached hydrogens (tertiary/aromatic N) is 1. The fourth-order valence-corrected chi connectivity index (χ4v) is 2.89. The molecule has 1 saturated heterocycles. The Labute approximate surface area is 82.5 Å². The highest BCUT2D eigenvalue weighted by atomic mass is 15.2. The van der Waals surface area contributed by atoms with Gasteiger partial charge in [-0.25, -0.2) is 0 Å². The van der Waals surface area contributed by atoms with Crippen LogP contribution in [0.15, 0.2) is 0 Å². The van der Waals surface area contributed by atoms with Gasteiger partial charge in [0.25, 0.3) is 0 Å². The fraction of sp³-hybridized carbons (Fsp3) is 1.00. The number of piperidine rings is 1. The van der Waals surface area contributed by atoms with E-state index in [0.29, 0.717) is 0 Å². The normalized spacial score (nSPS) is 37.6. The summed E-state index contributed by atoms with van der Waals surface area (Å²) in [5, 5.41) is 0. The van der Waals surface area contributed by atoms with E-state index in [1.807, 2.05) is 0 Å². The molecule has 1 nitrogen and oxygen atoms in total. The van der Waals surface area contributed by atoms with Gasteiger partial charge in [-0.2, -0.15) is 0 Å². The summed E-state index contributed by atoms with van der Waals surface area (Å²) in [5.41, 5.74) is 0. The summed E-state index contributed by atoms with van der Waals surface area (Å²) < 4.78 is 0. The van der Waals surface area contributed by atoms with Crippen LogP contribution in [0, 0.1) is 5.92 Å². The minimum Gasteiger partial charge on any atom is -0.300 e. The molecule has 0 aromatic rings. The van der Waals surface area contributed by atoms with Crippen LogP contribution < -0.4 is 0 Å². The van der Waals surface area contributed by atoms with Crippen molar-refractivity contribution < 1.29 is 0 Å². The zero-order chi connectivity index (χ0) is 9.10. The van der Waals surface area contributed by atoms with Crippen LogP contribution in [-0.4, -0.2) is 24.0 Å². The lowest BCUT2D eigenvalue weighted by Gasteiger charge is -2.38. The average molecular weight is 181 g/mol. The molecule has 2 aliphatic rings. The Bertz CT molecular complexity index is 141. The van der Waals surface area contributed by atoms with Gasteiger partial charge < -0.3 is 4.90 Å². The SMILES string of the molecule is C[C@H]1CC[C@@H](N2CCCCC2)CC1. The van der Waals surface area contributed by atoms with Gasteiger partial charge >= 0.3 is 0 Å². The van der Waals surface area contributed by atoms with Gasteiger partial charge in [-0.1, -0.05) is 13.3 Å². The van der Waals surface area contributed by atoms with E-state index in [-0.39, 0.29) is 0 Å². The van der Waals surface area contributed by atoms with Gasteiger partial charge in [0, 0.05) is 6.04 Å². The molecule has 1 heteroatoms. The summed E-state index contributed by atoms with van der Waals surface area (Å²) >= 11 is 0. The first-order chi connectivity index (χ1) is 6.36. The van der Waals surface area contributed by atoms with Crippen molar-refractivity contribution in [3.05, 3.63) is 0 Å². The standard InChI is InChI=1S/C12H23N/c1-11-5-7-12(8-6-11)13-9-3-2-4-10-13/h11-12H,2-10H2,1H3/t11-,12+. The zero-order valence-corrected chi connectivity index (χ0v) is 8.97. The van der Waals surface area contributed by atoms with Crippen molar-refractivity contribution in [3.63, 3.8) is 0 Å². The third-order valence-electron chi connectivity index (χ3n) is 3.89. The van der Waals surface area contributed by atoms with E-state index in [1.54, 1.807) is 0 Å². The van der Waals surface area contributed by atoms with Crippen molar-refractivity contribution in [1.82, 2.24) is 4.90 Å². The smallest absolute Gasteiger partial charge is 0.00954 e. The molecule has 1 aliphatic heterocycles. The third-order valence-corrected chi connectivity index (χ3v) is 3.89. The summed E-state index contributed by atoms with van der Waals surface area (Å²) in [6, 6.07) is 0.955. The number of likely N-dealkylation sites (tertiary alicyclic amines) is 1. The molecule has 1 heterocycles. The number of hydrogen-bond donors (Lipinski definition) is 0. The van der Waals surface area contributed by atoms with Gasteiger partial charge in [0.1, 0.15) is 0 Å². The molecule has 0 spiro atoms. The lowest BCUT2D eigenvalue weighted by Crippen LogP contribution is -2.41. The first-order valence-electron chi connectivity index (χ1n) is 6.10. The highest BCUT2D eigenvalue weighted by molar-refractivity contribution is 4.79. The quantitative estimate of drug-likeness (QED) is 0.601. The number of rotatable bonds is 1. The maximum Gasteiger partial charge on any atom is 0.00954 e. The van der Waals surface area contributed by atoms with E-state index in [9.17, 15) is 0 Å². The van der Waals surface area contributed by atoms with Gasteiger partial charge in [-0.05, 0) is 57.5 Å². The van der Waals surface area contributed by atoms with E-state index in [0.717, 1.165) is 12.0 Å². The molecule has 0 atom stereocenters. The van der Waals surface area contributed by atoms with Gasteiger partial charge in [0.2, 0.25) is 0 Å². The molecule has 76 valence electrons. The van der Waals surface area contributed by atoms with Crippen LogP contribution in [0.1, 0.15) is 51.9 Å². The van der Waals surface area contributed by atoms with Gasteiger partial charge in [-0.3, -0.25) is 0 Å². The third kappa shape index (κ3) is 2.46. The summed E-state index contributed by atoms with van der Waals surface area (Å²) in [5.74, 6) is 1.00. The van der Waals surface area contributed by atoms with Crippen LogP contribution in [0.2, 0.25) is 0 Å². The first kappa shape index (κ1) is 9.51. The van der Waals surface area contributed by atoms with E-state index in [4.69, 9.17) is 0 Å². The van der Waals surface area contributed by atoms with Gasteiger partial charge in [-0.15, -0.1) is 0 Å². The van der Waals surface area contributed by atoms with Gasteiger partial charge in [0.05, 0.1) is 0 Å². The highest BCUT2D eigenvalue weighted by Crippen LogP contribution is 2.28. The highest BCUT2D eigenvalue weighted by Gasteiger charge is 2.24. The molecule has 1 aliphatic carbocycles. The minimum absolute atomic E-state index is 0.955. The van der Waals surface area contributed by atoms with Crippen LogP contribution in [0.5, 0.6) is 0 Å². The summed E-state index contributed by atoms with van der Waals surface area (Å²) in [6.45, 7) is 5.19. The zero-order valence-electron chi connectivity index (χ0n) is 8.97. The van der Waals surface area contributed by atoms with Crippen molar-refractivity contribution in [1.29, 1.82) is 0 Å². The van der Waals surface area contributed by atoms with Crippen LogP contribution >= 0.6 is 0 Å². The van der Waals surface area contributed by atoms with E-state index in [2.05, 4.69) is 11.8 Å². The summed E-state index contributed by atoms with van der Waals surface area (Å²) in [7, 11) is 0. The Morgan fingerprint density at radius 3 is 2.08 bits per heavy atom. The molecule has 0 aromatic carbocycles. The van der Waals surface area contributed by atoms with E-state index < -0.39 is 0 Å². The van der Waals surface area contributed by atoms with Crippen molar-refractivity contribution >= 4 is 0 Å². The Morgan fingerprint density at radius 2 is 1.46 bits per heavy atom. The van der Waals surface area contributed by atoms with Gasteiger partial charge in [0.15, 0.2) is 0 Å². The summed E-state index contributed by atoms with van der Waals surface area (Å²) in [4.78, 5) is 2.76. The second-order valence-electron chi connectivity index (χ2n) is 5.01. The minimum atomic E-state index is 0.955. The van der Waals surface area contributed by atoms with Crippen molar-refractivity contribution in [2.24, 2.45) is 5.92 Å².